The third-order valence-electron chi connectivity index (χ3n) is 5.22. The van der Waals surface area contributed by atoms with E-state index in [0.717, 1.165) is 56.4 Å². The van der Waals surface area contributed by atoms with E-state index in [4.69, 9.17) is 10.1 Å². The number of imidazole rings is 1. The van der Waals surface area contributed by atoms with Crippen LogP contribution in [0.1, 0.15) is 55.1 Å². The molecule has 1 unspecified atom stereocenters. The Hall–Kier alpha value is -2.63. The number of hydrogen-bond acceptors (Lipinski definition) is 4. The Balaban J connectivity index is 1.35. The van der Waals surface area contributed by atoms with Crippen molar-refractivity contribution in [3.05, 3.63) is 59.9 Å². The van der Waals surface area contributed by atoms with Crippen LogP contribution in [0.3, 0.4) is 0 Å². The fourth-order valence-corrected chi connectivity index (χ4v) is 3.81. The Morgan fingerprint density at radius 1 is 1.15 bits per heavy atom. The summed E-state index contributed by atoms with van der Waals surface area (Å²) >= 11 is 0. The summed E-state index contributed by atoms with van der Waals surface area (Å²) in [5.74, 6) is 2.22. The molecule has 0 amide bonds. The molecule has 27 heavy (non-hydrogen) atoms. The summed E-state index contributed by atoms with van der Waals surface area (Å²) in [5, 5.41) is 8.14. The van der Waals surface area contributed by atoms with Crippen LogP contribution < -0.4 is 5.32 Å². The molecule has 0 spiro atoms. The summed E-state index contributed by atoms with van der Waals surface area (Å²) in [4.78, 5) is 9.12. The molecule has 1 aliphatic rings. The van der Waals surface area contributed by atoms with Gasteiger partial charge in [-0.05, 0) is 38.2 Å². The SMILES string of the molecule is Cc1cn(CCCCNc2nc3n(n2)CCCCC3c2ccccc2)cn1. The zero-order valence-corrected chi connectivity index (χ0v) is 16.0. The number of nitrogens with one attached hydrogen (secondary N) is 1. The van der Waals surface area contributed by atoms with Crippen LogP contribution in [0.15, 0.2) is 42.9 Å². The molecule has 0 aliphatic carbocycles. The summed E-state index contributed by atoms with van der Waals surface area (Å²) in [6.45, 7) is 4.89. The van der Waals surface area contributed by atoms with Gasteiger partial charge in [-0.25, -0.2) is 9.67 Å². The van der Waals surface area contributed by atoms with Gasteiger partial charge >= 0.3 is 0 Å². The van der Waals surface area contributed by atoms with Crippen LogP contribution in [-0.4, -0.2) is 30.9 Å². The molecule has 6 nitrogen and oxygen atoms in total. The molecule has 1 aliphatic heterocycles. The number of nitrogens with zero attached hydrogens (tertiary/aromatic N) is 5. The summed E-state index contributed by atoms with van der Waals surface area (Å²) in [5.41, 5.74) is 2.42. The molecular weight excluding hydrogens is 336 g/mol. The third kappa shape index (κ3) is 4.38. The van der Waals surface area contributed by atoms with E-state index in [1.165, 1.54) is 18.4 Å². The van der Waals surface area contributed by atoms with Crippen molar-refractivity contribution in [2.24, 2.45) is 0 Å². The van der Waals surface area contributed by atoms with Crippen molar-refractivity contribution in [1.29, 1.82) is 0 Å². The Kier molecular flexibility index (Phi) is 5.51. The number of hydrogen-bond donors (Lipinski definition) is 1. The average Bonchev–Trinajstić information content (AvgIpc) is 3.23. The number of benzene rings is 1. The first-order chi connectivity index (χ1) is 13.3. The van der Waals surface area contributed by atoms with Gasteiger partial charge in [0.25, 0.3) is 0 Å². The lowest BCUT2D eigenvalue weighted by molar-refractivity contribution is 0.574. The van der Waals surface area contributed by atoms with Crippen LogP contribution in [0.4, 0.5) is 5.95 Å². The average molecular weight is 364 g/mol. The number of fused-ring (bicyclic) bond motifs is 1. The molecule has 3 heterocycles. The topological polar surface area (TPSA) is 60.6 Å². The number of anilines is 1. The highest BCUT2D eigenvalue weighted by atomic mass is 15.4. The third-order valence-corrected chi connectivity index (χ3v) is 5.22. The van der Waals surface area contributed by atoms with E-state index in [0.29, 0.717) is 5.92 Å². The second-order valence-electron chi connectivity index (χ2n) is 7.36. The predicted octanol–water partition coefficient (Wildman–Crippen LogP) is 3.99. The van der Waals surface area contributed by atoms with E-state index in [2.05, 4.69) is 56.1 Å². The fraction of sp³-hybridized carbons (Fsp3) is 0.476. The first kappa shape index (κ1) is 17.8. The Labute approximate surface area is 160 Å². The molecule has 0 bridgehead atoms. The number of aryl methyl sites for hydroxylation is 3. The molecule has 0 fully saturated rings. The normalized spacial score (nSPS) is 16.7. The molecule has 0 radical (unpaired) electrons. The summed E-state index contributed by atoms with van der Waals surface area (Å²) in [7, 11) is 0. The quantitative estimate of drug-likeness (QED) is 0.644. The van der Waals surface area contributed by atoms with Crippen LogP contribution in [0.25, 0.3) is 0 Å². The molecule has 1 N–H and O–H groups in total. The molecule has 0 saturated heterocycles. The molecule has 1 atom stereocenters. The summed E-state index contributed by atoms with van der Waals surface area (Å²) in [6.07, 6.45) is 9.73. The highest BCUT2D eigenvalue weighted by Gasteiger charge is 2.24. The molecule has 0 saturated carbocycles. The minimum Gasteiger partial charge on any atom is -0.353 e. The monoisotopic (exact) mass is 364 g/mol. The minimum atomic E-state index is 0.348. The minimum absolute atomic E-state index is 0.348. The maximum atomic E-state index is 4.85. The second kappa shape index (κ2) is 8.37. The van der Waals surface area contributed by atoms with E-state index in [-0.39, 0.29) is 0 Å². The van der Waals surface area contributed by atoms with Crippen LogP contribution in [0.5, 0.6) is 0 Å². The lowest BCUT2D eigenvalue weighted by Gasteiger charge is -2.13. The number of aromatic nitrogens is 5. The van der Waals surface area contributed by atoms with Crippen LogP contribution in [0, 0.1) is 6.92 Å². The van der Waals surface area contributed by atoms with E-state index in [1.54, 1.807) is 0 Å². The van der Waals surface area contributed by atoms with Crippen molar-refractivity contribution in [2.75, 3.05) is 11.9 Å². The molecule has 142 valence electrons. The summed E-state index contributed by atoms with van der Waals surface area (Å²) < 4.78 is 4.26. The first-order valence-electron chi connectivity index (χ1n) is 10.0. The molecule has 3 aromatic rings. The van der Waals surface area contributed by atoms with E-state index in [1.807, 2.05) is 13.3 Å². The Bertz CT molecular complexity index is 851. The van der Waals surface area contributed by atoms with Gasteiger partial charge in [-0.1, -0.05) is 36.8 Å². The lowest BCUT2D eigenvalue weighted by Crippen LogP contribution is -2.08. The lowest BCUT2D eigenvalue weighted by atomic mass is 9.94. The Morgan fingerprint density at radius 2 is 2.04 bits per heavy atom. The van der Waals surface area contributed by atoms with Gasteiger partial charge in [0.05, 0.1) is 12.0 Å². The number of rotatable bonds is 7. The van der Waals surface area contributed by atoms with Crippen LogP contribution >= 0.6 is 0 Å². The predicted molar refractivity (Wildman–Crippen MR) is 107 cm³/mol. The molecule has 6 heteroatoms. The van der Waals surface area contributed by atoms with Gasteiger partial charge in [0, 0.05) is 31.7 Å². The van der Waals surface area contributed by atoms with Crippen LogP contribution in [0.2, 0.25) is 0 Å². The Morgan fingerprint density at radius 3 is 2.85 bits per heavy atom. The summed E-state index contributed by atoms with van der Waals surface area (Å²) in [6, 6.07) is 10.7. The van der Waals surface area contributed by atoms with Crippen molar-refractivity contribution >= 4 is 5.95 Å². The van der Waals surface area contributed by atoms with Gasteiger partial charge in [-0.2, -0.15) is 4.98 Å². The van der Waals surface area contributed by atoms with Gasteiger partial charge in [-0.15, -0.1) is 5.10 Å². The van der Waals surface area contributed by atoms with Crippen molar-refractivity contribution < 1.29 is 0 Å². The maximum Gasteiger partial charge on any atom is 0.242 e. The van der Waals surface area contributed by atoms with Crippen molar-refractivity contribution in [1.82, 2.24) is 24.3 Å². The van der Waals surface area contributed by atoms with Gasteiger partial charge in [0.15, 0.2) is 0 Å². The molecular formula is C21H28N6. The molecule has 1 aromatic carbocycles. The van der Waals surface area contributed by atoms with Gasteiger partial charge in [0.1, 0.15) is 5.82 Å². The first-order valence-corrected chi connectivity index (χ1v) is 10.0. The molecule has 4 rings (SSSR count). The van der Waals surface area contributed by atoms with Crippen molar-refractivity contribution in [3.63, 3.8) is 0 Å². The smallest absolute Gasteiger partial charge is 0.242 e. The molecule has 2 aromatic heterocycles. The zero-order chi connectivity index (χ0) is 18.5. The van der Waals surface area contributed by atoms with Gasteiger partial charge < -0.3 is 9.88 Å². The fourth-order valence-electron chi connectivity index (χ4n) is 3.81. The largest absolute Gasteiger partial charge is 0.353 e. The van der Waals surface area contributed by atoms with E-state index >= 15 is 0 Å². The highest BCUT2D eigenvalue weighted by Crippen LogP contribution is 2.31. The van der Waals surface area contributed by atoms with Gasteiger partial charge in [-0.3, -0.25) is 0 Å². The second-order valence-corrected chi connectivity index (χ2v) is 7.36. The highest BCUT2D eigenvalue weighted by molar-refractivity contribution is 5.30. The van der Waals surface area contributed by atoms with E-state index in [9.17, 15) is 0 Å². The number of unbranched alkanes of at least 4 members (excludes halogenated alkanes) is 1. The van der Waals surface area contributed by atoms with Crippen molar-refractivity contribution in [2.45, 2.75) is 58.0 Å². The standard InChI is InChI=1S/C21H28N6/c1-17-15-26(16-23-17)13-8-6-12-22-21-24-20-19(18-9-3-2-4-10-18)11-5-7-14-27(20)25-21/h2-4,9-10,15-16,19H,5-8,11-14H2,1H3,(H,22,25). The maximum absolute atomic E-state index is 4.85. The van der Waals surface area contributed by atoms with Gasteiger partial charge in [0.2, 0.25) is 5.95 Å². The zero-order valence-electron chi connectivity index (χ0n) is 16.0. The van der Waals surface area contributed by atoms with E-state index < -0.39 is 0 Å². The van der Waals surface area contributed by atoms with Crippen LogP contribution in [-0.2, 0) is 13.1 Å². The van der Waals surface area contributed by atoms with Crippen molar-refractivity contribution in [3.8, 4) is 0 Å².